The molecular weight excluding hydrogens is 284 g/mol. The Balaban J connectivity index is 1.96. The summed E-state index contributed by atoms with van der Waals surface area (Å²) >= 11 is 5.77. The van der Waals surface area contributed by atoms with Crippen molar-refractivity contribution in [2.24, 2.45) is 5.73 Å². The van der Waals surface area contributed by atoms with E-state index < -0.39 is 5.82 Å². The van der Waals surface area contributed by atoms with Gasteiger partial charge in [0.25, 0.3) is 0 Å². The number of hydrogen-bond donors (Lipinski definition) is 1. The number of nitrogens with two attached hydrogens (primary N) is 1. The summed E-state index contributed by atoms with van der Waals surface area (Å²) < 4.78 is 32.2. The zero-order valence-corrected chi connectivity index (χ0v) is 11.2. The highest BCUT2D eigenvalue weighted by Crippen LogP contribution is 2.40. The van der Waals surface area contributed by atoms with Crippen molar-refractivity contribution >= 4 is 11.6 Å². The van der Waals surface area contributed by atoms with E-state index in [-0.39, 0.29) is 23.0 Å². The molecule has 2 aromatic carbocycles. The lowest BCUT2D eigenvalue weighted by atomic mass is 9.93. The van der Waals surface area contributed by atoms with Crippen LogP contribution in [0.25, 0.3) is 0 Å². The van der Waals surface area contributed by atoms with Crippen molar-refractivity contribution in [3.05, 3.63) is 64.2 Å². The minimum absolute atomic E-state index is 0.0321. The molecule has 5 heteroatoms. The van der Waals surface area contributed by atoms with E-state index in [2.05, 4.69) is 0 Å². The zero-order chi connectivity index (χ0) is 14.3. The van der Waals surface area contributed by atoms with Crippen molar-refractivity contribution in [1.29, 1.82) is 0 Å². The first-order chi connectivity index (χ1) is 9.54. The highest BCUT2D eigenvalue weighted by Gasteiger charge is 2.27. The fourth-order valence-electron chi connectivity index (χ4n) is 2.39. The van der Waals surface area contributed by atoms with Crippen molar-refractivity contribution in [3.63, 3.8) is 0 Å². The van der Waals surface area contributed by atoms with Crippen LogP contribution in [0.3, 0.4) is 0 Å². The quantitative estimate of drug-likeness (QED) is 0.858. The third kappa shape index (κ3) is 2.37. The molecule has 1 aliphatic rings. The average Bonchev–Trinajstić information content (AvgIpc) is 2.41. The number of hydrogen-bond acceptors (Lipinski definition) is 2. The second-order valence-electron chi connectivity index (χ2n) is 4.80. The Hall–Kier alpha value is -1.65. The average molecular weight is 296 g/mol. The standard InChI is InChI=1S/C15H12ClF2NO/c16-11-5-8(1-4-12(11)18)14-7-13(19)10-3-2-9(17)6-15(10)20-14/h1-6,13-14H,7,19H2/t13-,14?/m1/s1. The number of fused-ring (bicyclic) bond motifs is 1. The molecule has 1 aliphatic heterocycles. The maximum absolute atomic E-state index is 13.3. The molecule has 104 valence electrons. The molecule has 0 fully saturated rings. The lowest BCUT2D eigenvalue weighted by Gasteiger charge is -2.30. The molecule has 0 bridgehead atoms. The first kappa shape index (κ1) is 13.3. The van der Waals surface area contributed by atoms with E-state index in [1.165, 1.54) is 24.3 Å². The molecule has 1 heterocycles. The van der Waals surface area contributed by atoms with Gasteiger partial charge in [-0.15, -0.1) is 0 Å². The Morgan fingerprint density at radius 3 is 2.70 bits per heavy atom. The van der Waals surface area contributed by atoms with Crippen LogP contribution in [0.5, 0.6) is 5.75 Å². The SMILES string of the molecule is N[C@@H]1CC(c2ccc(F)c(Cl)c2)Oc2cc(F)ccc21. The van der Waals surface area contributed by atoms with Gasteiger partial charge in [0.2, 0.25) is 0 Å². The van der Waals surface area contributed by atoms with Crippen molar-refractivity contribution in [2.75, 3.05) is 0 Å². The third-order valence-electron chi connectivity index (χ3n) is 3.43. The van der Waals surface area contributed by atoms with Gasteiger partial charge >= 0.3 is 0 Å². The van der Waals surface area contributed by atoms with Crippen LogP contribution in [0.15, 0.2) is 36.4 Å². The summed E-state index contributed by atoms with van der Waals surface area (Å²) in [6.45, 7) is 0. The maximum atomic E-state index is 13.3. The van der Waals surface area contributed by atoms with Gasteiger partial charge in [-0.05, 0) is 23.8 Å². The Morgan fingerprint density at radius 1 is 1.15 bits per heavy atom. The van der Waals surface area contributed by atoms with Crippen LogP contribution in [0.1, 0.15) is 29.7 Å². The van der Waals surface area contributed by atoms with Gasteiger partial charge in [-0.25, -0.2) is 8.78 Å². The summed E-state index contributed by atoms with van der Waals surface area (Å²) in [7, 11) is 0. The number of halogens is 3. The molecule has 20 heavy (non-hydrogen) atoms. The second kappa shape index (κ2) is 5.04. The highest BCUT2D eigenvalue weighted by molar-refractivity contribution is 6.30. The largest absolute Gasteiger partial charge is 0.485 e. The predicted molar refractivity (Wildman–Crippen MR) is 72.7 cm³/mol. The third-order valence-corrected chi connectivity index (χ3v) is 3.72. The molecule has 0 saturated heterocycles. The van der Waals surface area contributed by atoms with Crippen molar-refractivity contribution in [1.82, 2.24) is 0 Å². The Kier molecular flexibility index (Phi) is 3.36. The van der Waals surface area contributed by atoms with Gasteiger partial charge in [0.15, 0.2) is 0 Å². The van der Waals surface area contributed by atoms with E-state index in [1.807, 2.05) is 0 Å². The predicted octanol–water partition coefficient (Wildman–Crippen LogP) is 4.14. The molecule has 0 amide bonds. The summed E-state index contributed by atoms with van der Waals surface area (Å²) in [6, 6.07) is 8.44. The molecule has 0 spiro atoms. The van der Waals surface area contributed by atoms with Gasteiger partial charge < -0.3 is 10.5 Å². The Morgan fingerprint density at radius 2 is 1.95 bits per heavy atom. The molecule has 0 radical (unpaired) electrons. The van der Waals surface area contributed by atoms with Gasteiger partial charge in [-0.2, -0.15) is 0 Å². The van der Waals surface area contributed by atoms with Gasteiger partial charge in [0.1, 0.15) is 23.5 Å². The fourth-order valence-corrected chi connectivity index (χ4v) is 2.58. The van der Waals surface area contributed by atoms with Crippen molar-refractivity contribution < 1.29 is 13.5 Å². The molecule has 1 unspecified atom stereocenters. The molecule has 0 saturated carbocycles. The van der Waals surface area contributed by atoms with Crippen LogP contribution >= 0.6 is 11.6 Å². The van der Waals surface area contributed by atoms with E-state index in [0.29, 0.717) is 12.2 Å². The number of rotatable bonds is 1. The topological polar surface area (TPSA) is 35.2 Å². The van der Waals surface area contributed by atoms with Crippen LogP contribution in [0.2, 0.25) is 5.02 Å². The van der Waals surface area contributed by atoms with Gasteiger partial charge in [0.05, 0.1) is 5.02 Å². The van der Waals surface area contributed by atoms with E-state index in [0.717, 1.165) is 11.1 Å². The summed E-state index contributed by atoms with van der Waals surface area (Å²) in [5, 5.41) is 0.0321. The molecule has 0 aromatic heterocycles. The lowest BCUT2D eigenvalue weighted by Crippen LogP contribution is -2.24. The molecule has 2 nitrogen and oxygen atoms in total. The van der Waals surface area contributed by atoms with Crippen LogP contribution in [-0.4, -0.2) is 0 Å². The first-order valence-electron chi connectivity index (χ1n) is 6.21. The van der Waals surface area contributed by atoms with E-state index in [4.69, 9.17) is 22.1 Å². The smallest absolute Gasteiger partial charge is 0.141 e. The van der Waals surface area contributed by atoms with E-state index in [1.54, 1.807) is 12.1 Å². The summed E-state index contributed by atoms with van der Waals surface area (Å²) in [6.07, 6.45) is 0.165. The Bertz CT molecular complexity index is 662. The zero-order valence-electron chi connectivity index (χ0n) is 10.4. The minimum atomic E-state index is -0.484. The van der Waals surface area contributed by atoms with Gasteiger partial charge in [0, 0.05) is 24.1 Å². The van der Waals surface area contributed by atoms with Gasteiger partial charge in [-0.3, -0.25) is 0 Å². The van der Waals surface area contributed by atoms with Crippen molar-refractivity contribution in [2.45, 2.75) is 18.6 Å². The summed E-state index contributed by atoms with van der Waals surface area (Å²) in [4.78, 5) is 0. The molecule has 2 aromatic rings. The van der Waals surface area contributed by atoms with E-state index >= 15 is 0 Å². The number of benzene rings is 2. The Labute approximate surface area is 120 Å². The lowest BCUT2D eigenvalue weighted by molar-refractivity contribution is 0.160. The van der Waals surface area contributed by atoms with Crippen LogP contribution in [0.4, 0.5) is 8.78 Å². The molecule has 3 rings (SSSR count). The maximum Gasteiger partial charge on any atom is 0.141 e. The van der Waals surface area contributed by atoms with Gasteiger partial charge in [-0.1, -0.05) is 23.7 Å². The molecular formula is C15H12ClF2NO. The van der Waals surface area contributed by atoms with E-state index in [9.17, 15) is 8.78 Å². The van der Waals surface area contributed by atoms with Crippen LogP contribution < -0.4 is 10.5 Å². The second-order valence-corrected chi connectivity index (χ2v) is 5.21. The van der Waals surface area contributed by atoms with Crippen molar-refractivity contribution in [3.8, 4) is 5.75 Å². The van der Waals surface area contributed by atoms with Crippen LogP contribution in [0, 0.1) is 11.6 Å². The fraction of sp³-hybridized carbons (Fsp3) is 0.200. The normalized spacial score (nSPS) is 21.2. The summed E-state index contributed by atoms with van der Waals surface area (Å²) in [5.74, 6) is -0.440. The minimum Gasteiger partial charge on any atom is -0.485 e. The molecule has 2 N–H and O–H groups in total. The monoisotopic (exact) mass is 295 g/mol. The molecule has 0 aliphatic carbocycles. The molecule has 2 atom stereocenters. The highest BCUT2D eigenvalue weighted by atomic mass is 35.5. The van der Waals surface area contributed by atoms with Crippen LogP contribution in [-0.2, 0) is 0 Å². The number of ether oxygens (including phenoxy) is 1. The first-order valence-corrected chi connectivity index (χ1v) is 6.59. The summed E-state index contributed by atoms with van der Waals surface area (Å²) in [5.41, 5.74) is 7.58.